The molecule has 4 rings (SSSR count). The molecule has 3 aliphatic rings. The lowest BCUT2D eigenvalue weighted by atomic mass is 9.66. The van der Waals surface area contributed by atoms with Gasteiger partial charge < -0.3 is 30.1 Å². The van der Waals surface area contributed by atoms with Crippen molar-refractivity contribution in [3.8, 4) is 5.75 Å². The van der Waals surface area contributed by atoms with Crippen molar-refractivity contribution in [2.45, 2.75) is 56.3 Å². The van der Waals surface area contributed by atoms with E-state index in [0.717, 1.165) is 6.42 Å². The fourth-order valence-corrected chi connectivity index (χ4v) is 5.98. The predicted molar refractivity (Wildman–Crippen MR) is 121 cm³/mol. The quantitative estimate of drug-likeness (QED) is 0.480. The lowest BCUT2D eigenvalue weighted by Gasteiger charge is -2.33. The van der Waals surface area contributed by atoms with E-state index in [-0.39, 0.29) is 24.3 Å². The number of unbranched alkanes of at least 4 members (excludes halogenated alkanes) is 2. The van der Waals surface area contributed by atoms with Crippen molar-refractivity contribution in [1.29, 1.82) is 0 Å². The lowest BCUT2D eigenvalue weighted by Crippen LogP contribution is -2.53. The van der Waals surface area contributed by atoms with Gasteiger partial charge in [0.05, 0.1) is 24.5 Å². The number of nitrogens with zero attached hydrogens (tertiary/aromatic N) is 1. The average Bonchev–Trinajstić information content (AvgIpc) is 3.37. The number of nitrogens with one attached hydrogen (secondary N) is 2. The van der Waals surface area contributed by atoms with Gasteiger partial charge in [0.15, 0.2) is 0 Å². The first-order valence-electron chi connectivity index (χ1n) is 11.6. The minimum Gasteiger partial charge on any atom is -0.497 e. The molecule has 0 aromatic heterocycles. The number of benzene rings is 1. The van der Waals surface area contributed by atoms with Gasteiger partial charge in [-0.25, -0.2) is 0 Å². The summed E-state index contributed by atoms with van der Waals surface area (Å²) in [6.07, 6.45) is 3.18. The van der Waals surface area contributed by atoms with E-state index in [1.54, 1.807) is 43.3 Å². The first-order valence-corrected chi connectivity index (χ1v) is 11.6. The number of anilines is 1. The van der Waals surface area contributed by atoms with Crippen LogP contribution in [-0.2, 0) is 19.1 Å². The molecule has 1 aromatic carbocycles. The van der Waals surface area contributed by atoms with Crippen LogP contribution in [0.1, 0.15) is 39.0 Å². The normalized spacial score (nSPS) is 32.1. The molecular weight excluding hydrogens is 426 g/mol. The number of hydrogen-bond acceptors (Lipinski definition) is 6. The molecule has 3 aliphatic heterocycles. The summed E-state index contributed by atoms with van der Waals surface area (Å²) < 4.78 is 11.7. The van der Waals surface area contributed by atoms with Gasteiger partial charge in [0.1, 0.15) is 17.4 Å². The molecule has 5 atom stereocenters. The highest BCUT2D eigenvalue weighted by molar-refractivity contribution is 6.03. The monoisotopic (exact) mass is 459 g/mol. The van der Waals surface area contributed by atoms with E-state index in [1.807, 2.05) is 6.92 Å². The molecular formula is C24H33N3O6. The third-order valence-electron chi connectivity index (χ3n) is 7.47. The largest absolute Gasteiger partial charge is 0.497 e. The van der Waals surface area contributed by atoms with Crippen LogP contribution >= 0.6 is 0 Å². The van der Waals surface area contributed by atoms with Crippen LogP contribution in [0.5, 0.6) is 5.75 Å². The highest BCUT2D eigenvalue weighted by Gasteiger charge is 2.77. The number of carbonyl (C=O) groups excluding carboxylic acids is 3. The Labute approximate surface area is 193 Å². The summed E-state index contributed by atoms with van der Waals surface area (Å²) in [5.74, 6) is -1.41. The van der Waals surface area contributed by atoms with E-state index < -0.39 is 29.1 Å². The molecule has 1 spiro atoms. The van der Waals surface area contributed by atoms with Crippen LogP contribution in [0.15, 0.2) is 24.3 Å². The van der Waals surface area contributed by atoms with Gasteiger partial charge in [0.25, 0.3) is 0 Å². The highest BCUT2D eigenvalue weighted by Crippen LogP contribution is 2.63. The molecule has 1 aromatic rings. The zero-order chi connectivity index (χ0) is 23.8. The molecule has 0 saturated carbocycles. The summed E-state index contributed by atoms with van der Waals surface area (Å²) in [6, 6.07) is 6.17. The van der Waals surface area contributed by atoms with Gasteiger partial charge in [-0.15, -0.1) is 0 Å². The number of rotatable bonds is 9. The van der Waals surface area contributed by atoms with Gasteiger partial charge in [-0.1, -0.05) is 0 Å². The van der Waals surface area contributed by atoms with Crippen molar-refractivity contribution >= 4 is 23.4 Å². The van der Waals surface area contributed by atoms with Crippen LogP contribution in [0.25, 0.3) is 0 Å². The topological polar surface area (TPSA) is 117 Å². The summed E-state index contributed by atoms with van der Waals surface area (Å²) in [6.45, 7) is 2.33. The molecule has 3 saturated heterocycles. The van der Waals surface area contributed by atoms with E-state index >= 15 is 0 Å². The van der Waals surface area contributed by atoms with Crippen molar-refractivity contribution in [2.75, 3.05) is 32.6 Å². The molecule has 3 heterocycles. The molecule has 180 valence electrons. The summed E-state index contributed by atoms with van der Waals surface area (Å²) in [5.41, 5.74) is -1.21. The molecule has 9 nitrogen and oxygen atoms in total. The highest BCUT2D eigenvalue weighted by atomic mass is 16.5. The molecule has 3 fully saturated rings. The Bertz CT molecular complexity index is 921. The number of aliphatic hydroxyl groups is 1. The molecule has 2 unspecified atom stereocenters. The van der Waals surface area contributed by atoms with E-state index in [0.29, 0.717) is 43.7 Å². The fraction of sp³-hybridized carbons (Fsp3) is 0.625. The minimum absolute atomic E-state index is 0.0854. The van der Waals surface area contributed by atoms with E-state index in [4.69, 9.17) is 14.6 Å². The van der Waals surface area contributed by atoms with Crippen molar-refractivity contribution < 1.29 is 29.0 Å². The molecule has 9 heteroatoms. The van der Waals surface area contributed by atoms with Crippen molar-refractivity contribution in [3.05, 3.63) is 24.3 Å². The zero-order valence-corrected chi connectivity index (χ0v) is 19.4. The average molecular weight is 460 g/mol. The first kappa shape index (κ1) is 23.5. The summed E-state index contributed by atoms with van der Waals surface area (Å²) in [4.78, 5) is 41.7. The van der Waals surface area contributed by atoms with E-state index in [2.05, 4.69) is 10.6 Å². The Hall–Kier alpha value is -2.65. The van der Waals surface area contributed by atoms with Crippen LogP contribution in [0.3, 0.4) is 0 Å². The Morgan fingerprint density at radius 2 is 1.91 bits per heavy atom. The van der Waals surface area contributed by atoms with Gasteiger partial charge in [-0.3, -0.25) is 14.4 Å². The van der Waals surface area contributed by atoms with Crippen molar-refractivity contribution in [3.63, 3.8) is 0 Å². The van der Waals surface area contributed by atoms with Gasteiger partial charge in [0, 0.05) is 25.9 Å². The molecule has 3 amide bonds. The van der Waals surface area contributed by atoms with Crippen molar-refractivity contribution in [2.24, 2.45) is 11.8 Å². The van der Waals surface area contributed by atoms with Crippen LogP contribution < -0.4 is 15.4 Å². The van der Waals surface area contributed by atoms with Crippen LogP contribution in [0.4, 0.5) is 5.69 Å². The Balaban J connectivity index is 1.65. The second kappa shape index (κ2) is 8.95. The van der Waals surface area contributed by atoms with Gasteiger partial charge in [0.2, 0.25) is 17.7 Å². The second-order valence-electron chi connectivity index (χ2n) is 9.38. The maximum Gasteiger partial charge on any atom is 0.250 e. The van der Waals surface area contributed by atoms with Crippen LogP contribution in [-0.4, -0.2) is 72.3 Å². The van der Waals surface area contributed by atoms with E-state index in [1.165, 1.54) is 0 Å². The second-order valence-corrected chi connectivity index (χ2v) is 9.38. The number of carbonyl (C=O) groups is 3. The SMILES string of the molecule is CNC(=O)[C@@H]1[C@H]2C(=O)N(CCCCCO)C(C(=O)Nc3ccc(OC)cc3)C23CC[C@@]1(C)O3. The maximum atomic E-state index is 13.7. The number of fused-ring (bicyclic) bond motifs is 1. The molecule has 0 radical (unpaired) electrons. The third kappa shape index (κ3) is 3.77. The summed E-state index contributed by atoms with van der Waals surface area (Å²) >= 11 is 0. The van der Waals surface area contributed by atoms with Gasteiger partial charge in [-0.2, -0.15) is 0 Å². The lowest BCUT2D eigenvalue weighted by molar-refractivity contribution is -0.144. The molecule has 3 N–H and O–H groups in total. The van der Waals surface area contributed by atoms with E-state index in [9.17, 15) is 14.4 Å². The number of likely N-dealkylation sites (tertiary alicyclic amines) is 1. The number of aliphatic hydroxyl groups excluding tert-OH is 1. The van der Waals surface area contributed by atoms with Gasteiger partial charge in [-0.05, 0) is 63.3 Å². The zero-order valence-electron chi connectivity index (χ0n) is 19.4. The number of methoxy groups -OCH3 is 1. The van der Waals surface area contributed by atoms with Crippen LogP contribution in [0.2, 0.25) is 0 Å². The summed E-state index contributed by atoms with van der Waals surface area (Å²) in [7, 11) is 3.13. The maximum absolute atomic E-state index is 13.7. The number of ether oxygens (including phenoxy) is 2. The number of amides is 3. The Morgan fingerprint density at radius 3 is 2.55 bits per heavy atom. The van der Waals surface area contributed by atoms with Crippen molar-refractivity contribution in [1.82, 2.24) is 10.2 Å². The smallest absolute Gasteiger partial charge is 0.250 e. The fourth-order valence-electron chi connectivity index (χ4n) is 5.98. The Kier molecular flexibility index (Phi) is 6.37. The van der Waals surface area contributed by atoms with Gasteiger partial charge >= 0.3 is 0 Å². The number of hydrogen-bond donors (Lipinski definition) is 3. The minimum atomic E-state index is -1.03. The predicted octanol–water partition coefficient (Wildman–Crippen LogP) is 1.31. The molecule has 0 aliphatic carbocycles. The standard InChI is InChI=1S/C24H33N3O6/c1-23-11-12-24(33-23)18(17(23)20(29)25-2)22(31)27(13-5-4-6-14-28)19(24)21(30)26-15-7-9-16(32-3)10-8-15/h7-10,17-19,28H,4-6,11-14H2,1-3H3,(H,25,29)(H,26,30)/t17-,18-,19?,23+,24?/m0/s1. The molecule has 33 heavy (non-hydrogen) atoms. The Morgan fingerprint density at radius 1 is 1.18 bits per heavy atom. The first-order chi connectivity index (χ1) is 15.8. The third-order valence-corrected chi connectivity index (χ3v) is 7.47. The van der Waals surface area contributed by atoms with Crippen LogP contribution in [0, 0.1) is 11.8 Å². The summed E-state index contributed by atoms with van der Waals surface area (Å²) in [5, 5.41) is 14.7. The molecule has 2 bridgehead atoms.